The maximum atomic E-state index is 12.3. The molecule has 0 spiro atoms. The van der Waals surface area contributed by atoms with Crippen LogP contribution in [0, 0.1) is 13.8 Å². The lowest BCUT2D eigenvalue weighted by Crippen LogP contribution is -2.22. The van der Waals surface area contributed by atoms with E-state index in [0.717, 1.165) is 24.9 Å². The van der Waals surface area contributed by atoms with Gasteiger partial charge >= 0.3 is 0 Å². The SMILES string of the molecule is Cc1cccc(CNC(=O)CCCc2cn(Cc3ccccc3C)c3ccccc23)c1. The number of fused-ring (bicyclic) bond motifs is 1. The van der Waals surface area contributed by atoms with Crippen LogP contribution >= 0.6 is 0 Å². The van der Waals surface area contributed by atoms with Gasteiger partial charge in [-0.1, -0.05) is 72.3 Å². The number of carbonyl (C=O) groups excluding carboxylic acids is 1. The Hall–Kier alpha value is -3.33. The van der Waals surface area contributed by atoms with E-state index in [1.807, 2.05) is 6.07 Å². The third kappa shape index (κ3) is 5.24. The average molecular weight is 411 g/mol. The normalized spacial score (nSPS) is 11.0. The van der Waals surface area contributed by atoms with Gasteiger partial charge in [0.15, 0.2) is 0 Å². The molecule has 3 aromatic carbocycles. The van der Waals surface area contributed by atoms with Gasteiger partial charge in [-0.25, -0.2) is 0 Å². The van der Waals surface area contributed by atoms with Gasteiger partial charge in [-0.3, -0.25) is 4.79 Å². The van der Waals surface area contributed by atoms with E-state index >= 15 is 0 Å². The number of aryl methyl sites for hydroxylation is 3. The van der Waals surface area contributed by atoms with Crippen molar-refractivity contribution in [2.24, 2.45) is 0 Å². The van der Waals surface area contributed by atoms with Crippen LogP contribution in [0.2, 0.25) is 0 Å². The lowest BCUT2D eigenvalue weighted by atomic mass is 10.1. The van der Waals surface area contributed by atoms with Gasteiger partial charge < -0.3 is 9.88 Å². The van der Waals surface area contributed by atoms with Crippen molar-refractivity contribution in [3.8, 4) is 0 Å². The molecule has 0 saturated heterocycles. The van der Waals surface area contributed by atoms with Gasteiger partial charge in [-0.15, -0.1) is 0 Å². The van der Waals surface area contributed by atoms with Crippen LogP contribution in [0.25, 0.3) is 10.9 Å². The summed E-state index contributed by atoms with van der Waals surface area (Å²) in [6.07, 6.45) is 4.56. The fourth-order valence-corrected chi connectivity index (χ4v) is 4.17. The molecular formula is C28H30N2O. The number of rotatable bonds is 8. The first kappa shape index (κ1) is 20.9. The Morgan fingerprint density at radius 2 is 1.71 bits per heavy atom. The molecule has 1 aromatic heterocycles. The summed E-state index contributed by atoms with van der Waals surface area (Å²) in [6, 6.07) is 25.4. The van der Waals surface area contributed by atoms with Crippen LogP contribution in [0.5, 0.6) is 0 Å². The number of hydrogen-bond acceptors (Lipinski definition) is 1. The molecule has 0 radical (unpaired) electrons. The highest BCUT2D eigenvalue weighted by Crippen LogP contribution is 2.24. The number of para-hydroxylation sites is 1. The van der Waals surface area contributed by atoms with E-state index < -0.39 is 0 Å². The van der Waals surface area contributed by atoms with Gasteiger partial charge in [0.05, 0.1) is 0 Å². The molecule has 0 unspecified atom stereocenters. The second-order valence-electron chi connectivity index (χ2n) is 8.35. The van der Waals surface area contributed by atoms with Crippen LogP contribution in [-0.4, -0.2) is 10.5 Å². The first-order chi connectivity index (χ1) is 15.1. The van der Waals surface area contributed by atoms with Crippen LogP contribution in [0.1, 0.15) is 40.7 Å². The van der Waals surface area contributed by atoms with E-state index in [-0.39, 0.29) is 5.91 Å². The first-order valence-corrected chi connectivity index (χ1v) is 11.0. The molecule has 1 heterocycles. The molecule has 158 valence electrons. The molecule has 4 rings (SSSR count). The molecule has 31 heavy (non-hydrogen) atoms. The molecule has 1 N–H and O–H groups in total. The smallest absolute Gasteiger partial charge is 0.220 e. The highest BCUT2D eigenvalue weighted by atomic mass is 16.1. The molecule has 0 fully saturated rings. The van der Waals surface area contributed by atoms with Crippen LogP contribution in [0.3, 0.4) is 0 Å². The van der Waals surface area contributed by atoms with Crippen LogP contribution in [0.4, 0.5) is 0 Å². The Balaban J connectivity index is 1.38. The number of amides is 1. The van der Waals surface area contributed by atoms with Gasteiger partial charge in [0.25, 0.3) is 0 Å². The molecule has 0 aliphatic rings. The van der Waals surface area contributed by atoms with Crippen LogP contribution in [-0.2, 0) is 24.3 Å². The van der Waals surface area contributed by atoms with Crippen molar-refractivity contribution in [2.75, 3.05) is 0 Å². The highest BCUT2D eigenvalue weighted by molar-refractivity contribution is 5.84. The molecular weight excluding hydrogens is 380 g/mol. The number of nitrogens with zero attached hydrogens (tertiary/aromatic N) is 1. The summed E-state index contributed by atoms with van der Waals surface area (Å²) in [5.41, 5.74) is 7.58. The Morgan fingerprint density at radius 3 is 2.55 bits per heavy atom. The minimum Gasteiger partial charge on any atom is -0.352 e. The summed E-state index contributed by atoms with van der Waals surface area (Å²) in [4.78, 5) is 12.3. The molecule has 0 aliphatic carbocycles. The summed E-state index contributed by atoms with van der Waals surface area (Å²) >= 11 is 0. The van der Waals surface area contributed by atoms with E-state index in [1.165, 1.54) is 33.2 Å². The monoisotopic (exact) mass is 410 g/mol. The lowest BCUT2D eigenvalue weighted by Gasteiger charge is -2.08. The zero-order chi connectivity index (χ0) is 21.6. The molecule has 1 amide bonds. The van der Waals surface area contributed by atoms with Gasteiger partial charge in [0, 0.05) is 36.6 Å². The molecule has 0 aliphatic heterocycles. The Labute approximate surface area is 184 Å². The Morgan fingerprint density at radius 1 is 0.903 bits per heavy atom. The second-order valence-corrected chi connectivity index (χ2v) is 8.35. The number of hydrogen-bond donors (Lipinski definition) is 1. The van der Waals surface area contributed by atoms with Crippen molar-refractivity contribution >= 4 is 16.8 Å². The Kier molecular flexibility index (Phi) is 6.51. The van der Waals surface area contributed by atoms with Gasteiger partial charge in [-0.2, -0.15) is 0 Å². The van der Waals surface area contributed by atoms with Crippen molar-refractivity contribution in [1.82, 2.24) is 9.88 Å². The van der Waals surface area contributed by atoms with Gasteiger partial charge in [0.2, 0.25) is 5.91 Å². The molecule has 0 bridgehead atoms. The minimum absolute atomic E-state index is 0.116. The first-order valence-electron chi connectivity index (χ1n) is 11.0. The molecule has 0 saturated carbocycles. The minimum atomic E-state index is 0.116. The van der Waals surface area contributed by atoms with E-state index in [2.05, 4.69) is 96.7 Å². The molecule has 3 nitrogen and oxygen atoms in total. The van der Waals surface area contributed by atoms with E-state index in [1.54, 1.807) is 0 Å². The summed E-state index contributed by atoms with van der Waals surface area (Å²) in [5, 5.41) is 4.34. The van der Waals surface area contributed by atoms with Crippen molar-refractivity contribution in [3.63, 3.8) is 0 Å². The average Bonchev–Trinajstić information content (AvgIpc) is 3.12. The predicted molar refractivity (Wildman–Crippen MR) is 128 cm³/mol. The topological polar surface area (TPSA) is 34.0 Å². The number of nitrogens with one attached hydrogen (secondary N) is 1. The van der Waals surface area contributed by atoms with Crippen molar-refractivity contribution in [3.05, 3.63) is 107 Å². The maximum absolute atomic E-state index is 12.3. The molecule has 4 aromatic rings. The zero-order valence-electron chi connectivity index (χ0n) is 18.4. The molecule has 3 heteroatoms. The van der Waals surface area contributed by atoms with E-state index in [4.69, 9.17) is 0 Å². The van der Waals surface area contributed by atoms with E-state index in [0.29, 0.717) is 13.0 Å². The third-order valence-corrected chi connectivity index (χ3v) is 5.90. The fraction of sp³-hybridized carbons (Fsp3) is 0.250. The highest BCUT2D eigenvalue weighted by Gasteiger charge is 2.10. The Bertz CT molecular complexity index is 1190. The second kappa shape index (κ2) is 9.65. The molecule has 0 atom stereocenters. The van der Waals surface area contributed by atoms with E-state index in [9.17, 15) is 4.79 Å². The van der Waals surface area contributed by atoms with Crippen LogP contribution < -0.4 is 5.32 Å². The summed E-state index contributed by atoms with van der Waals surface area (Å²) in [7, 11) is 0. The zero-order valence-corrected chi connectivity index (χ0v) is 18.4. The largest absolute Gasteiger partial charge is 0.352 e. The number of aromatic nitrogens is 1. The number of benzene rings is 3. The van der Waals surface area contributed by atoms with Crippen LogP contribution in [0.15, 0.2) is 79.0 Å². The fourth-order valence-electron chi connectivity index (χ4n) is 4.17. The number of carbonyl (C=O) groups is 1. The van der Waals surface area contributed by atoms with Gasteiger partial charge in [-0.05, 0) is 55.0 Å². The summed E-state index contributed by atoms with van der Waals surface area (Å²) in [5.74, 6) is 0.116. The van der Waals surface area contributed by atoms with Crippen molar-refractivity contribution < 1.29 is 4.79 Å². The van der Waals surface area contributed by atoms with Crippen molar-refractivity contribution in [1.29, 1.82) is 0 Å². The lowest BCUT2D eigenvalue weighted by molar-refractivity contribution is -0.121. The maximum Gasteiger partial charge on any atom is 0.220 e. The summed E-state index contributed by atoms with van der Waals surface area (Å²) in [6.45, 7) is 5.69. The predicted octanol–water partition coefficient (Wildman–Crippen LogP) is 5.95. The van der Waals surface area contributed by atoms with Crippen molar-refractivity contribution in [2.45, 2.75) is 46.2 Å². The van der Waals surface area contributed by atoms with Gasteiger partial charge in [0.1, 0.15) is 0 Å². The quantitative estimate of drug-likeness (QED) is 0.383. The standard InChI is InChI=1S/C28H30N2O/c1-21-9-7-11-23(17-21)18-29-28(31)16-8-13-25-20-30(27-15-6-5-14-26(25)27)19-24-12-4-3-10-22(24)2/h3-7,9-12,14-15,17,20H,8,13,16,18-19H2,1-2H3,(H,29,31). The summed E-state index contributed by atoms with van der Waals surface area (Å²) < 4.78 is 2.34. The third-order valence-electron chi connectivity index (χ3n) is 5.90.